The third-order valence-corrected chi connectivity index (χ3v) is 7.68. The summed E-state index contributed by atoms with van der Waals surface area (Å²) >= 11 is 0. The molecule has 30 heavy (non-hydrogen) atoms. The van der Waals surface area contributed by atoms with Gasteiger partial charge in [0.05, 0.1) is 12.9 Å². The van der Waals surface area contributed by atoms with E-state index < -0.39 is 0 Å². The number of unbranched alkanes of at least 4 members (excludes halogenated alkanes) is 3. The summed E-state index contributed by atoms with van der Waals surface area (Å²) < 4.78 is 18.2. The van der Waals surface area contributed by atoms with Crippen LogP contribution in [0.4, 0.5) is 4.39 Å². The molecule has 2 aliphatic carbocycles. The summed E-state index contributed by atoms with van der Waals surface area (Å²) in [7, 11) is 0. The molecule has 2 saturated carbocycles. The van der Waals surface area contributed by atoms with Gasteiger partial charge in [-0.25, -0.2) is 4.39 Å². The molecule has 1 nitrogen and oxygen atoms in total. The number of hydrogen-bond donors (Lipinski definition) is 0. The minimum atomic E-state index is 0.500. The van der Waals surface area contributed by atoms with Gasteiger partial charge in [0.15, 0.2) is 0 Å². The fourth-order valence-corrected chi connectivity index (χ4v) is 5.58. The van der Waals surface area contributed by atoms with Gasteiger partial charge < -0.3 is 4.74 Å². The minimum absolute atomic E-state index is 0.500. The average Bonchev–Trinajstić information content (AvgIpc) is 2.79. The average molecular weight is 415 g/mol. The second-order valence-corrected chi connectivity index (χ2v) is 9.87. The SMILES string of the molecule is CCCCCCOc1ccc(C2CCC(CCC3CCC(C=CF)CC3)CC2)cc1. The van der Waals surface area contributed by atoms with Crippen molar-refractivity contribution >= 4 is 0 Å². The zero-order chi connectivity index (χ0) is 21.0. The normalized spacial score (nSPS) is 27.4. The molecule has 0 aliphatic heterocycles. The highest BCUT2D eigenvalue weighted by Crippen LogP contribution is 2.40. The molecule has 1 aromatic carbocycles. The van der Waals surface area contributed by atoms with E-state index in [4.69, 9.17) is 4.74 Å². The van der Waals surface area contributed by atoms with Gasteiger partial charge in [-0.05, 0) is 99.2 Å². The monoisotopic (exact) mass is 414 g/mol. The maximum absolute atomic E-state index is 12.3. The van der Waals surface area contributed by atoms with Crippen LogP contribution in [0.2, 0.25) is 0 Å². The van der Waals surface area contributed by atoms with Gasteiger partial charge in [-0.1, -0.05) is 57.2 Å². The van der Waals surface area contributed by atoms with E-state index >= 15 is 0 Å². The fraction of sp³-hybridized carbons (Fsp3) is 0.714. The Labute approximate surface area is 184 Å². The van der Waals surface area contributed by atoms with Crippen molar-refractivity contribution in [1.82, 2.24) is 0 Å². The second-order valence-electron chi connectivity index (χ2n) is 9.87. The van der Waals surface area contributed by atoms with Crippen LogP contribution in [0.15, 0.2) is 36.7 Å². The van der Waals surface area contributed by atoms with Gasteiger partial charge in [0.1, 0.15) is 5.75 Å². The lowest BCUT2D eigenvalue weighted by atomic mass is 9.74. The van der Waals surface area contributed by atoms with Crippen LogP contribution in [0.25, 0.3) is 0 Å². The maximum atomic E-state index is 12.3. The summed E-state index contributed by atoms with van der Waals surface area (Å²) in [5.74, 6) is 4.08. The van der Waals surface area contributed by atoms with Gasteiger partial charge >= 0.3 is 0 Å². The van der Waals surface area contributed by atoms with Gasteiger partial charge in [-0.2, -0.15) is 0 Å². The lowest BCUT2D eigenvalue weighted by Crippen LogP contribution is -2.17. The Morgan fingerprint density at radius 1 is 0.833 bits per heavy atom. The smallest absolute Gasteiger partial charge is 0.119 e. The molecule has 0 saturated heterocycles. The van der Waals surface area contributed by atoms with Crippen molar-refractivity contribution in [3.8, 4) is 5.75 Å². The van der Waals surface area contributed by atoms with Crippen LogP contribution in [-0.2, 0) is 0 Å². The molecule has 0 aromatic heterocycles. The Morgan fingerprint density at radius 2 is 1.47 bits per heavy atom. The van der Waals surface area contributed by atoms with Gasteiger partial charge in [0.2, 0.25) is 0 Å². The Morgan fingerprint density at radius 3 is 2.07 bits per heavy atom. The number of ether oxygens (including phenoxy) is 1. The maximum Gasteiger partial charge on any atom is 0.119 e. The molecule has 0 radical (unpaired) electrons. The molecule has 0 atom stereocenters. The molecule has 2 aliphatic rings. The van der Waals surface area contributed by atoms with Crippen LogP contribution >= 0.6 is 0 Å². The molecule has 0 bridgehead atoms. The van der Waals surface area contributed by atoms with E-state index in [1.165, 1.54) is 89.0 Å². The topological polar surface area (TPSA) is 9.23 Å². The number of halogens is 1. The second kappa shape index (κ2) is 13.2. The standard InChI is InChI=1S/C28H43FO/c1-2-3-4-5-22-30-28-18-16-27(17-19-28)26-14-12-24(13-15-26)7-6-23-8-10-25(11-9-23)20-21-29/h16-21,23-26H,2-15,22H2,1H3. The molecule has 168 valence electrons. The summed E-state index contributed by atoms with van der Waals surface area (Å²) in [5, 5.41) is 0. The molecule has 0 N–H and O–H groups in total. The van der Waals surface area contributed by atoms with Gasteiger partial charge in [0, 0.05) is 0 Å². The number of allylic oxidation sites excluding steroid dienone is 1. The summed E-state index contributed by atoms with van der Waals surface area (Å²) in [5.41, 5.74) is 1.51. The molecule has 2 fully saturated rings. The summed E-state index contributed by atoms with van der Waals surface area (Å²) in [6, 6.07) is 8.96. The van der Waals surface area contributed by atoms with Gasteiger partial charge in [-0.15, -0.1) is 0 Å². The molecule has 2 heteroatoms. The summed E-state index contributed by atoms with van der Waals surface area (Å²) in [4.78, 5) is 0. The van der Waals surface area contributed by atoms with Crippen molar-refractivity contribution in [2.24, 2.45) is 17.8 Å². The Kier molecular flexibility index (Phi) is 10.3. The molecule has 0 spiro atoms. The van der Waals surface area contributed by atoms with Crippen molar-refractivity contribution in [3.05, 3.63) is 42.2 Å². The van der Waals surface area contributed by atoms with Crippen molar-refractivity contribution in [2.45, 2.75) is 103 Å². The van der Waals surface area contributed by atoms with Crippen LogP contribution in [0.1, 0.15) is 108 Å². The first-order valence-corrected chi connectivity index (χ1v) is 12.8. The first-order chi connectivity index (χ1) is 14.8. The van der Waals surface area contributed by atoms with Crippen LogP contribution in [-0.4, -0.2) is 6.61 Å². The largest absolute Gasteiger partial charge is 0.494 e. The number of hydrogen-bond acceptors (Lipinski definition) is 1. The van der Waals surface area contributed by atoms with Crippen LogP contribution in [0.3, 0.4) is 0 Å². The van der Waals surface area contributed by atoms with E-state index in [0.717, 1.165) is 42.9 Å². The Hall–Kier alpha value is -1.31. The highest BCUT2D eigenvalue weighted by molar-refractivity contribution is 5.29. The van der Waals surface area contributed by atoms with Crippen molar-refractivity contribution in [3.63, 3.8) is 0 Å². The van der Waals surface area contributed by atoms with Gasteiger partial charge in [-0.3, -0.25) is 0 Å². The molecule has 3 rings (SSSR count). The van der Waals surface area contributed by atoms with E-state index in [0.29, 0.717) is 5.92 Å². The van der Waals surface area contributed by atoms with Crippen molar-refractivity contribution < 1.29 is 9.13 Å². The van der Waals surface area contributed by atoms with E-state index in [1.807, 2.05) is 0 Å². The van der Waals surface area contributed by atoms with Crippen LogP contribution < -0.4 is 4.74 Å². The molecular weight excluding hydrogens is 371 g/mol. The summed E-state index contributed by atoms with van der Waals surface area (Å²) in [6.07, 6.45) is 20.8. The lowest BCUT2D eigenvalue weighted by molar-refractivity contribution is 0.245. The number of rotatable bonds is 11. The highest BCUT2D eigenvalue weighted by atomic mass is 19.1. The molecular formula is C28H43FO. The van der Waals surface area contributed by atoms with E-state index in [-0.39, 0.29) is 0 Å². The van der Waals surface area contributed by atoms with Crippen LogP contribution in [0.5, 0.6) is 5.75 Å². The predicted molar refractivity (Wildman–Crippen MR) is 126 cm³/mol. The zero-order valence-corrected chi connectivity index (χ0v) is 19.2. The van der Waals surface area contributed by atoms with E-state index in [2.05, 4.69) is 31.2 Å². The fourth-order valence-electron chi connectivity index (χ4n) is 5.58. The zero-order valence-electron chi connectivity index (χ0n) is 19.2. The quantitative estimate of drug-likeness (QED) is 0.328. The van der Waals surface area contributed by atoms with Crippen LogP contribution in [0, 0.1) is 17.8 Å². The third kappa shape index (κ3) is 7.75. The minimum Gasteiger partial charge on any atom is -0.494 e. The molecule has 0 amide bonds. The molecule has 0 unspecified atom stereocenters. The number of benzene rings is 1. The highest BCUT2D eigenvalue weighted by Gasteiger charge is 2.25. The Balaban J connectivity index is 1.31. The summed E-state index contributed by atoms with van der Waals surface area (Å²) in [6.45, 7) is 3.09. The van der Waals surface area contributed by atoms with Crippen molar-refractivity contribution in [1.29, 1.82) is 0 Å². The molecule has 0 heterocycles. The third-order valence-electron chi connectivity index (χ3n) is 7.68. The van der Waals surface area contributed by atoms with Crippen molar-refractivity contribution in [2.75, 3.05) is 6.61 Å². The first-order valence-electron chi connectivity index (χ1n) is 12.8. The first kappa shape index (κ1) is 23.4. The van der Waals surface area contributed by atoms with E-state index in [9.17, 15) is 4.39 Å². The van der Waals surface area contributed by atoms with Gasteiger partial charge in [0.25, 0.3) is 0 Å². The predicted octanol–water partition coefficient (Wildman–Crippen LogP) is 8.99. The van der Waals surface area contributed by atoms with E-state index in [1.54, 1.807) is 6.08 Å². The Bertz CT molecular complexity index is 592. The molecule has 1 aromatic rings. The lowest BCUT2D eigenvalue weighted by Gasteiger charge is -2.31.